The van der Waals surface area contributed by atoms with Crippen LogP contribution in [0.2, 0.25) is 0 Å². The third-order valence-electron chi connectivity index (χ3n) is 3.71. The van der Waals surface area contributed by atoms with E-state index in [-0.39, 0.29) is 0 Å². The average Bonchev–Trinajstić information content (AvgIpc) is 2.36. The molecule has 1 rings (SSSR count). The first-order valence-electron chi connectivity index (χ1n) is 7.65. The fourth-order valence-corrected chi connectivity index (χ4v) is 3.05. The van der Waals surface area contributed by atoms with Crippen LogP contribution in [0.3, 0.4) is 0 Å². The normalized spacial score (nSPS) is 14.9. The Labute approximate surface area is 124 Å². The van der Waals surface area contributed by atoms with Crippen molar-refractivity contribution in [1.29, 1.82) is 0 Å². The molecule has 0 fully saturated rings. The molecule has 2 atom stereocenters. The molecule has 0 bridgehead atoms. The predicted molar refractivity (Wildman–Crippen MR) is 87.4 cm³/mol. The summed E-state index contributed by atoms with van der Waals surface area (Å²) >= 11 is 0. The summed E-state index contributed by atoms with van der Waals surface area (Å²) in [7, 11) is 3.80. The van der Waals surface area contributed by atoms with Gasteiger partial charge in [0, 0.05) is 6.04 Å². The zero-order valence-corrected chi connectivity index (χ0v) is 14.0. The van der Waals surface area contributed by atoms with Gasteiger partial charge >= 0.3 is 0 Å². The standard InChI is InChI=1S/C18H31NO/c1-14(13-18(2,3)4)11-16(19-5)12-15-9-7-8-10-17(15)20-6/h7-10,14,16,19H,11-13H2,1-6H3. The predicted octanol–water partition coefficient (Wildman–Crippen LogP) is 4.29. The highest BCUT2D eigenvalue weighted by Crippen LogP contribution is 2.28. The number of likely N-dealkylation sites (N-methyl/N-ethyl adjacent to an activating group) is 1. The molecule has 0 aliphatic carbocycles. The van der Waals surface area contributed by atoms with E-state index in [0.29, 0.717) is 11.5 Å². The maximum atomic E-state index is 5.45. The lowest BCUT2D eigenvalue weighted by Crippen LogP contribution is -2.30. The van der Waals surface area contributed by atoms with Crippen LogP contribution in [0.25, 0.3) is 0 Å². The van der Waals surface area contributed by atoms with Crippen molar-refractivity contribution in [1.82, 2.24) is 5.32 Å². The monoisotopic (exact) mass is 277 g/mol. The first-order valence-corrected chi connectivity index (χ1v) is 7.65. The largest absolute Gasteiger partial charge is 0.496 e. The lowest BCUT2D eigenvalue weighted by atomic mass is 9.82. The zero-order chi connectivity index (χ0) is 15.2. The van der Waals surface area contributed by atoms with Crippen molar-refractivity contribution >= 4 is 0 Å². The highest BCUT2D eigenvalue weighted by atomic mass is 16.5. The molecule has 0 saturated carbocycles. The summed E-state index contributed by atoms with van der Waals surface area (Å²) in [6, 6.07) is 8.82. The van der Waals surface area contributed by atoms with Crippen LogP contribution in [-0.2, 0) is 6.42 Å². The topological polar surface area (TPSA) is 21.3 Å². The van der Waals surface area contributed by atoms with Crippen LogP contribution in [-0.4, -0.2) is 20.2 Å². The summed E-state index contributed by atoms with van der Waals surface area (Å²) in [4.78, 5) is 0. The van der Waals surface area contributed by atoms with Crippen LogP contribution in [0, 0.1) is 11.3 Å². The fraction of sp³-hybridized carbons (Fsp3) is 0.667. The summed E-state index contributed by atoms with van der Waals surface area (Å²) in [5, 5.41) is 3.46. The Kier molecular flexibility index (Phi) is 6.54. The molecule has 0 amide bonds. The Balaban J connectivity index is 2.63. The van der Waals surface area contributed by atoms with Gasteiger partial charge in [0.2, 0.25) is 0 Å². The molecule has 2 nitrogen and oxygen atoms in total. The molecule has 20 heavy (non-hydrogen) atoms. The molecule has 1 aromatic carbocycles. The van der Waals surface area contributed by atoms with Crippen molar-refractivity contribution < 1.29 is 4.74 Å². The molecule has 0 radical (unpaired) electrons. The van der Waals surface area contributed by atoms with E-state index in [4.69, 9.17) is 4.74 Å². The van der Waals surface area contributed by atoms with Gasteiger partial charge in [0.25, 0.3) is 0 Å². The summed E-state index contributed by atoms with van der Waals surface area (Å²) in [6.45, 7) is 9.31. The molecule has 0 heterocycles. The van der Waals surface area contributed by atoms with Gasteiger partial charge in [0.05, 0.1) is 7.11 Å². The van der Waals surface area contributed by atoms with Crippen LogP contribution >= 0.6 is 0 Å². The van der Waals surface area contributed by atoms with Gasteiger partial charge in [-0.2, -0.15) is 0 Å². The Bertz CT molecular complexity index is 395. The van der Waals surface area contributed by atoms with Gasteiger partial charge in [-0.25, -0.2) is 0 Å². The Morgan fingerprint density at radius 3 is 2.40 bits per heavy atom. The lowest BCUT2D eigenvalue weighted by molar-refractivity contribution is 0.277. The number of hydrogen-bond acceptors (Lipinski definition) is 2. The van der Waals surface area contributed by atoms with Crippen molar-refractivity contribution in [3.05, 3.63) is 29.8 Å². The summed E-state index contributed by atoms with van der Waals surface area (Å²) in [5.74, 6) is 1.72. The smallest absolute Gasteiger partial charge is 0.122 e. The van der Waals surface area contributed by atoms with Crippen molar-refractivity contribution in [3.63, 3.8) is 0 Å². The summed E-state index contributed by atoms with van der Waals surface area (Å²) in [5.41, 5.74) is 1.69. The van der Waals surface area contributed by atoms with Gasteiger partial charge in [0.15, 0.2) is 0 Å². The molecule has 2 unspecified atom stereocenters. The molecule has 0 spiro atoms. The van der Waals surface area contributed by atoms with E-state index in [1.165, 1.54) is 18.4 Å². The van der Waals surface area contributed by atoms with Crippen LogP contribution in [0.15, 0.2) is 24.3 Å². The molecule has 0 aromatic heterocycles. The summed E-state index contributed by atoms with van der Waals surface area (Å²) < 4.78 is 5.45. The first-order chi connectivity index (χ1) is 9.35. The average molecular weight is 277 g/mol. The van der Waals surface area contributed by atoms with Crippen LogP contribution in [0.4, 0.5) is 0 Å². The third kappa shape index (κ3) is 5.96. The van der Waals surface area contributed by atoms with Crippen LogP contribution < -0.4 is 10.1 Å². The van der Waals surface area contributed by atoms with Gasteiger partial charge in [-0.05, 0) is 49.3 Å². The molecule has 0 saturated heterocycles. The van der Waals surface area contributed by atoms with E-state index < -0.39 is 0 Å². The minimum atomic E-state index is 0.405. The van der Waals surface area contributed by atoms with E-state index in [2.05, 4.69) is 52.2 Å². The Hall–Kier alpha value is -1.02. The minimum absolute atomic E-state index is 0.405. The maximum absolute atomic E-state index is 5.45. The van der Waals surface area contributed by atoms with Gasteiger partial charge in [0.1, 0.15) is 5.75 Å². The minimum Gasteiger partial charge on any atom is -0.496 e. The number of para-hydroxylation sites is 1. The maximum Gasteiger partial charge on any atom is 0.122 e. The van der Waals surface area contributed by atoms with Crippen molar-refractivity contribution in [3.8, 4) is 5.75 Å². The molecule has 114 valence electrons. The molecular weight excluding hydrogens is 246 g/mol. The number of ether oxygens (including phenoxy) is 1. The fourth-order valence-electron chi connectivity index (χ4n) is 3.05. The number of hydrogen-bond donors (Lipinski definition) is 1. The van der Waals surface area contributed by atoms with Crippen LogP contribution in [0.1, 0.15) is 46.1 Å². The number of benzene rings is 1. The highest BCUT2D eigenvalue weighted by Gasteiger charge is 2.19. The third-order valence-corrected chi connectivity index (χ3v) is 3.71. The summed E-state index contributed by atoms with van der Waals surface area (Å²) in [6.07, 6.45) is 3.48. The zero-order valence-electron chi connectivity index (χ0n) is 14.0. The van der Waals surface area contributed by atoms with Crippen molar-refractivity contribution in [2.24, 2.45) is 11.3 Å². The Morgan fingerprint density at radius 1 is 1.20 bits per heavy atom. The van der Waals surface area contributed by atoms with E-state index in [9.17, 15) is 0 Å². The lowest BCUT2D eigenvalue weighted by Gasteiger charge is -2.27. The van der Waals surface area contributed by atoms with Crippen molar-refractivity contribution in [2.45, 2.75) is 53.0 Å². The molecule has 2 heteroatoms. The number of methoxy groups -OCH3 is 1. The SMILES string of the molecule is CNC(Cc1ccccc1OC)CC(C)CC(C)(C)C. The highest BCUT2D eigenvalue weighted by molar-refractivity contribution is 5.33. The molecule has 1 aromatic rings. The second-order valence-corrected chi connectivity index (χ2v) is 7.11. The molecule has 0 aliphatic heterocycles. The second-order valence-electron chi connectivity index (χ2n) is 7.11. The van der Waals surface area contributed by atoms with Crippen molar-refractivity contribution in [2.75, 3.05) is 14.2 Å². The quantitative estimate of drug-likeness (QED) is 0.803. The molecular formula is C18H31NO. The van der Waals surface area contributed by atoms with Gasteiger partial charge < -0.3 is 10.1 Å². The van der Waals surface area contributed by atoms with E-state index in [0.717, 1.165) is 18.1 Å². The second kappa shape index (κ2) is 7.68. The molecule has 1 N–H and O–H groups in total. The van der Waals surface area contributed by atoms with E-state index in [1.807, 2.05) is 12.1 Å². The van der Waals surface area contributed by atoms with Gasteiger partial charge in [-0.3, -0.25) is 0 Å². The first kappa shape index (κ1) is 17.0. The van der Waals surface area contributed by atoms with Crippen LogP contribution in [0.5, 0.6) is 5.75 Å². The molecule has 0 aliphatic rings. The Morgan fingerprint density at radius 2 is 1.85 bits per heavy atom. The number of rotatable bonds is 7. The van der Waals surface area contributed by atoms with E-state index in [1.54, 1.807) is 7.11 Å². The number of nitrogens with one attached hydrogen (secondary N) is 1. The van der Waals surface area contributed by atoms with Gasteiger partial charge in [-0.15, -0.1) is 0 Å². The van der Waals surface area contributed by atoms with Gasteiger partial charge in [-0.1, -0.05) is 45.9 Å². The van der Waals surface area contributed by atoms with E-state index >= 15 is 0 Å².